The molecule has 0 aliphatic rings. The van der Waals surface area contributed by atoms with Crippen molar-refractivity contribution in [3.8, 4) is 0 Å². The number of aliphatic hydroxyl groups is 1. The van der Waals surface area contributed by atoms with E-state index in [4.69, 9.17) is 10.8 Å². The Morgan fingerprint density at radius 3 is 2.04 bits per heavy atom. The van der Waals surface area contributed by atoms with Gasteiger partial charge in [0, 0.05) is 6.92 Å². The molecule has 0 radical (unpaired) electrons. The molecular weight excluding hydrogens is 334 g/mol. The molecule has 1 unspecified atom stereocenters. The van der Waals surface area contributed by atoms with Crippen LogP contribution in [0.1, 0.15) is 59.1 Å². The first-order valence-corrected chi connectivity index (χ1v) is 9.13. The van der Waals surface area contributed by atoms with Gasteiger partial charge in [-0.25, -0.2) is 0 Å². The van der Waals surface area contributed by atoms with Crippen molar-refractivity contribution in [3.05, 3.63) is 47.2 Å². The smallest absolute Gasteiger partial charge is 0.286 e. The third kappa shape index (κ3) is 8.68. The van der Waals surface area contributed by atoms with E-state index in [1.165, 1.54) is 6.08 Å². The number of nitrogens with two attached hydrogens (primary N) is 1. The van der Waals surface area contributed by atoms with E-state index in [0.717, 1.165) is 31.0 Å². The fraction of sp³-hybridized carbons (Fsp3) is 0.571. The Hall–Kier alpha value is -1.59. The van der Waals surface area contributed by atoms with E-state index >= 15 is 0 Å². The van der Waals surface area contributed by atoms with Gasteiger partial charge in [-0.2, -0.15) is 8.78 Å². The highest BCUT2D eigenvalue weighted by atomic mass is 19.3. The minimum atomic E-state index is -2.96. The standard InChI is InChI=1S/C17H23F2NO.C4H11N/c1-5-12(3)16(20-15(6-2)17(4,18)19)14-9-7-13(11-21)8-10-14;1-4(2)3-5/h6-10,12,21H,5,11H2,1-4H3;4H,3,5H2,1-2H3/b15-6-,20-16?;. The summed E-state index contributed by atoms with van der Waals surface area (Å²) < 4.78 is 27.1. The number of rotatable bonds is 7. The molecule has 0 spiro atoms. The Labute approximate surface area is 157 Å². The van der Waals surface area contributed by atoms with Gasteiger partial charge < -0.3 is 10.8 Å². The molecule has 0 saturated carbocycles. The van der Waals surface area contributed by atoms with Gasteiger partial charge in [0.1, 0.15) is 5.70 Å². The lowest BCUT2D eigenvalue weighted by atomic mass is 9.95. The largest absolute Gasteiger partial charge is 0.392 e. The molecule has 1 rings (SSSR count). The summed E-state index contributed by atoms with van der Waals surface area (Å²) in [5.41, 5.74) is 7.20. The van der Waals surface area contributed by atoms with Gasteiger partial charge in [-0.3, -0.25) is 4.99 Å². The van der Waals surface area contributed by atoms with Crippen LogP contribution in [0.4, 0.5) is 8.78 Å². The molecule has 0 bridgehead atoms. The predicted molar refractivity (Wildman–Crippen MR) is 107 cm³/mol. The average Bonchev–Trinajstić information content (AvgIpc) is 2.61. The van der Waals surface area contributed by atoms with Crippen LogP contribution in [0.5, 0.6) is 0 Å². The molecule has 148 valence electrons. The topological polar surface area (TPSA) is 58.6 Å². The lowest BCUT2D eigenvalue weighted by Gasteiger charge is -2.17. The number of halogens is 2. The summed E-state index contributed by atoms with van der Waals surface area (Å²) in [5.74, 6) is -2.23. The second-order valence-corrected chi connectivity index (χ2v) is 6.85. The van der Waals surface area contributed by atoms with Gasteiger partial charge in [0.05, 0.1) is 12.3 Å². The lowest BCUT2D eigenvalue weighted by Crippen LogP contribution is -2.18. The monoisotopic (exact) mass is 368 g/mol. The number of allylic oxidation sites excluding steroid dienone is 2. The third-order valence-electron chi connectivity index (χ3n) is 3.95. The van der Waals surface area contributed by atoms with E-state index < -0.39 is 5.92 Å². The van der Waals surface area contributed by atoms with Crippen LogP contribution in [0.15, 0.2) is 41.0 Å². The molecule has 0 aromatic heterocycles. The number of aliphatic imine (C=N–C) groups is 1. The van der Waals surface area contributed by atoms with E-state index in [0.29, 0.717) is 11.6 Å². The number of hydrogen-bond acceptors (Lipinski definition) is 3. The number of benzene rings is 1. The Morgan fingerprint density at radius 1 is 1.23 bits per heavy atom. The van der Waals surface area contributed by atoms with Crippen molar-refractivity contribution >= 4 is 5.71 Å². The normalized spacial score (nSPS) is 14.1. The van der Waals surface area contributed by atoms with Gasteiger partial charge in [0.15, 0.2) is 0 Å². The fourth-order valence-electron chi connectivity index (χ4n) is 1.98. The molecule has 0 aliphatic heterocycles. The second kappa shape index (κ2) is 11.9. The molecule has 0 amide bonds. The van der Waals surface area contributed by atoms with E-state index in [2.05, 4.69) is 18.8 Å². The molecular formula is C21H34F2N2O. The van der Waals surface area contributed by atoms with E-state index in [9.17, 15) is 8.78 Å². The SMILES string of the molecule is C/C=C(\N=C(c1ccc(CO)cc1)C(C)CC)C(C)(F)F.CC(C)CN. The number of aliphatic hydroxyl groups excluding tert-OH is 1. The Bertz CT molecular complexity index is 573. The Balaban J connectivity index is 0.00000110. The van der Waals surface area contributed by atoms with Gasteiger partial charge in [-0.05, 0) is 42.9 Å². The van der Waals surface area contributed by atoms with Gasteiger partial charge in [0.25, 0.3) is 5.92 Å². The van der Waals surface area contributed by atoms with Crippen LogP contribution >= 0.6 is 0 Å². The van der Waals surface area contributed by atoms with Crippen LogP contribution in [0.3, 0.4) is 0 Å². The first-order valence-electron chi connectivity index (χ1n) is 9.13. The minimum absolute atomic E-state index is 0.0385. The van der Waals surface area contributed by atoms with Crippen LogP contribution in [0, 0.1) is 11.8 Å². The summed E-state index contributed by atoms with van der Waals surface area (Å²) in [6.45, 7) is 11.4. The zero-order chi connectivity index (χ0) is 20.3. The quantitative estimate of drug-likeness (QED) is 0.652. The zero-order valence-electron chi connectivity index (χ0n) is 16.9. The van der Waals surface area contributed by atoms with Crippen molar-refractivity contribution in [3.63, 3.8) is 0 Å². The fourth-order valence-corrected chi connectivity index (χ4v) is 1.98. The molecule has 26 heavy (non-hydrogen) atoms. The van der Waals surface area contributed by atoms with Crippen molar-refractivity contribution in [2.45, 2.75) is 60.5 Å². The summed E-state index contributed by atoms with van der Waals surface area (Å²) in [5, 5.41) is 9.07. The van der Waals surface area contributed by atoms with Gasteiger partial charge in [-0.1, -0.05) is 58.0 Å². The molecule has 0 saturated heterocycles. The van der Waals surface area contributed by atoms with E-state index in [1.54, 1.807) is 19.1 Å². The van der Waals surface area contributed by atoms with Gasteiger partial charge in [-0.15, -0.1) is 0 Å². The molecule has 0 fully saturated rings. The molecule has 5 heteroatoms. The van der Waals surface area contributed by atoms with Crippen LogP contribution in [-0.4, -0.2) is 23.3 Å². The van der Waals surface area contributed by atoms with Crippen LogP contribution in [-0.2, 0) is 6.61 Å². The molecule has 3 nitrogen and oxygen atoms in total. The van der Waals surface area contributed by atoms with Crippen LogP contribution in [0.25, 0.3) is 0 Å². The summed E-state index contributed by atoms with van der Waals surface area (Å²) in [6, 6.07) is 7.20. The summed E-state index contributed by atoms with van der Waals surface area (Å²) in [7, 11) is 0. The summed E-state index contributed by atoms with van der Waals surface area (Å²) in [6.07, 6.45) is 2.16. The number of hydrogen-bond donors (Lipinski definition) is 2. The lowest BCUT2D eigenvalue weighted by molar-refractivity contribution is 0.0619. The molecule has 3 N–H and O–H groups in total. The highest BCUT2D eigenvalue weighted by Gasteiger charge is 2.27. The molecule has 1 aromatic carbocycles. The Kier molecular flexibility index (Phi) is 11.2. The molecule has 0 aliphatic carbocycles. The van der Waals surface area contributed by atoms with Gasteiger partial charge >= 0.3 is 0 Å². The van der Waals surface area contributed by atoms with E-state index in [-0.39, 0.29) is 18.2 Å². The Morgan fingerprint density at radius 2 is 1.73 bits per heavy atom. The van der Waals surface area contributed by atoms with Crippen molar-refractivity contribution in [2.75, 3.05) is 6.54 Å². The number of alkyl halides is 2. The highest BCUT2D eigenvalue weighted by Crippen LogP contribution is 2.26. The third-order valence-corrected chi connectivity index (χ3v) is 3.95. The van der Waals surface area contributed by atoms with E-state index in [1.807, 2.05) is 26.0 Å². The predicted octanol–water partition coefficient (Wildman–Crippen LogP) is 5.17. The van der Waals surface area contributed by atoms with Crippen LogP contribution < -0.4 is 5.73 Å². The molecule has 0 heterocycles. The molecule has 1 aromatic rings. The maximum atomic E-state index is 13.5. The molecule has 1 atom stereocenters. The summed E-state index contributed by atoms with van der Waals surface area (Å²) in [4.78, 5) is 4.23. The minimum Gasteiger partial charge on any atom is -0.392 e. The first-order chi connectivity index (χ1) is 12.1. The van der Waals surface area contributed by atoms with Crippen LogP contribution in [0.2, 0.25) is 0 Å². The average molecular weight is 369 g/mol. The van der Waals surface area contributed by atoms with Crippen molar-refractivity contribution in [1.82, 2.24) is 0 Å². The zero-order valence-corrected chi connectivity index (χ0v) is 16.9. The highest BCUT2D eigenvalue weighted by molar-refractivity contribution is 6.02. The second-order valence-electron chi connectivity index (χ2n) is 6.85. The maximum absolute atomic E-state index is 13.5. The van der Waals surface area contributed by atoms with Crippen molar-refractivity contribution < 1.29 is 13.9 Å². The van der Waals surface area contributed by atoms with Crippen molar-refractivity contribution in [1.29, 1.82) is 0 Å². The van der Waals surface area contributed by atoms with Gasteiger partial charge in [0.2, 0.25) is 0 Å². The summed E-state index contributed by atoms with van der Waals surface area (Å²) >= 11 is 0. The number of nitrogens with zero attached hydrogens (tertiary/aromatic N) is 1. The first kappa shape index (κ1) is 24.4. The van der Waals surface area contributed by atoms with Crippen molar-refractivity contribution in [2.24, 2.45) is 22.6 Å². The maximum Gasteiger partial charge on any atom is 0.286 e.